The van der Waals surface area contributed by atoms with Crippen molar-refractivity contribution >= 4 is 41.0 Å². The molecule has 5 aromatic rings. The van der Waals surface area contributed by atoms with Gasteiger partial charge in [0.1, 0.15) is 11.7 Å². The zero-order valence-electron chi connectivity index (χ0n) is 24.8. The molecule has 2 atom stereocenters. The van der Waals surface area contributed by atoms with Crippen LogP contribution in [0.2, 0.25) is 0 Å². The molecule has 1 unspecified atom stereocenters. The number of benzene rings is 4. The quantitative estimate of drug-likeness (QED) is 0.133. The molecule has 0 spiro atoms. The van der Waals surface area contributed by atoms with E-state index in [9.17, 15) is 29.5 Å². The zero-order valence-corrected chi connectivity index (χ0v) is 25.6. The van der Waals surface area contributed by atoms with E-state index in [-0.39, 0.29) is 23.4 Å². The van der Waals surface area contributed by atoms with E-state index in [1.807, 2.05) is 42.5 Å². The van der Waals surface area contributed by atoms with Gasteiger partial charge in [-0.05, 0) is 35.9 Å². The van der Waals surface area contributed by atoms with Crippen LogP contribution in [0.4, 0.5) is 5.69 Å². The minimum Gasteiger partial charge on any atom is -0.480 e. The highest BCUT2D eigenvalue weighted by Crippen LogP contribution is 2.45. The Morgan fingerprint density at radius 2 is 1.55 bits per heavy atom. The van der Waals surface area contributed by atoms with E-state index in [2.05, 4.69) is 15.7 Å². The summed E-state index contributed by atoms with van der Waals surface area (Å²) in [6.07, 6.45) is 0.110. The SMILES string of the molecule is N#CC(C(=O)Nc1ccccc1)C(=O)c1nn(-c2ccccc2)c2c1CSc1c(C(=O)N[C@@H](Cc3ccccc3)C(=O)O)cccc1-2. The summed E-state index contributed by atoms with van der Waals surface area (Å²) in [5, 5.41) is 29.8. The van der Waals surface area contributed by atoms with Crippen LogP contribution in [0.3, 0.4) is 0 Å². The Morgan fingerprint density at radius 3 is 2.21 bits per heavy atom. The number of nitrogens with zero attached hydrogens (tertiary/aromatic N) is 3. The van der Waals surface area contributed by atoms with Crippen LogP contribution in [0.15, 0.2) is 114 Å². The molecule has 0 saturated carbocycles. The van der Waals surface area contributed by atoms with Crippen molar-refractivity contribution in [1.29, 1.82) is 5.26 Å². The van der Waals surface area contributed by atoms with Crippen molar-refractivity contribution < 1.29 is 24.3 Å². The van der Waals surface area contributed by atoms with Crippen molar-refractivity contribution in [3.05, 3.63) is 132 Å². The molecule has 1 aliphatic rings. The zero-order chi connectivity index (χ0) is 32.9. The van der Waals surface area contributed by atoms with Crippen molar-refractivity contribution in [2.24, 2.45) is 5.92 Å². The van der Waals surface area contributed by atoms with Crippen molar-refractivity contribution in [3.8, 4) is 23.0 Å². The number of amides is 2. The number of carbonyl (C=O) groups is 4. The average Bonchev–Trinajstić information content (AvgIpc) is 3.49. The molecule has 2 heterocycles. The third-order valence-electron chi connectivity index (χ3n) is 7.67. The molecular weight excluding hydrogens is 614 g/mol. The number of nitrogens with one attached hydrogen (secondary N) is 2. The van der Waals surface area contributed by atoms with Crippen molar-refractivity contribution in [1.82, 2.24) is 15.1 Å². The Labute approximate surface area is 274 Å². The lowest BCUT2D eigenvalue weighted by atomic mass is 9.96. The second kappa shape index (κ2) is 13.6. The van der Waals surface area contributed by atoms with E-state index >= 15 is 0 Å². The molecule has 11 heteroatoms. The molecule has 4 aromatic carbocycles. The number of hydrogen-bond donors (Lipinski definition) is 3. The lowest BCUT2D eigenvalue weighted by molar-refractivity contribution is -0.139. The number of thioether (sulfide) groups is 1. The van der Waals surface area contributed by atoms with Gasteiger partial charge >= 0.3 is 5.97 Å². The fourth-order valence-corrected chi connectivity index (χ4v) is 6.61. The summed E-state index contributed by atoms with van der Waals surface area (Å²) in [4.78, 5) is 53.3. The second-order valence-corrected chi connectivity index (χ2v) is 11.7. The van der Waals surface area contributed by atoms with Crippen LogP contribution in [-0.4, -0.2) is 44.5 Å². The van der Waals surface area contributed by atoms with Crippen LogP contribution in [0.5, 0.6) is 0 Å². The van der Waals surface area contributed by atoms with Crippen LogP contribution in [0.25, 0.3) is 16.9 Å². The largest absolute Gasteiger partial charge is 0.480 e. The number of anilines is 1. The monoisotopic (exact) mass is 641 g/mol. The first-order chi connectivity index (χ1) is 22.9. The van der Waals surface area contributed by atoms with Crippen molar-refractivity contribution in [2.45, 2.75) is 23.1 Å². The van der Waals surface area contributed by atoms with Gasteiger partial charge in [-0.1, -0.05) is 78.9 Å². The van der Waals surface area contributed by atoms with Crippen LogP contribution in [-0.2, 0) is 21.8 Å². The van der Waals surface area contributed by atoms with Gasteiger partial charge in [0, 0.05) is 33.9 Å². The number of para-hydroxylation sites is 2. The highest BCUT2D eigenvalue weighted by Gasteiger charge is 2.37. The smallest absolute Gasteiger partial charge is 0.326 e. The predicted octanol–water partition coefficient (Wildman–Crippen LogP) is 5.53. The molecule has 1 aliphatic heterocycles. The average molecular weight is 642 g/mol. The Kier molecular flexibility index (Phi) is 8.95. The summed E-state index contributed by atoms with van der Waals surface area (Å²) in [6, 6.07) is 32.5. The van der Waals surface area contributed by atoms with Gasteiger partial charge in [-0.25, -0.2) is 9.48 Å². The van der Waals surface area contributed by atoms with E-state index in [1.54, 1.807) is 77.5 Å². The van der Waals surface area contributed by atoms with E-state index in [0.717, 1.165) is 5.56 Å². The number of carboxylic acids is 1. The summed E-state index contributed by atoms with van der Waals surface area (Å²) in [6.45, 7) is 0. The number of Topliss-reactive ketones (excluding diaryl/α,β-unsaturated/α-hetero) is 1. The van der Waals surface area contributed by atoms with E-state index in [1.165, 1.54) is 11.8 Å². The fourth-order valence-electron chi connectivity index (χ4n) is 5.41. The molecule has 10 nitrogen and oxygen atoms in total. The number of fused-ring (bicyclic) bond motifs is 3. The first-order valence-electron chi connectivity index (χ1n) is 14.7. The summed E-state index contributed by atoms with van der Waals surface area (Å²) in [5.41, 5.74) is 3.79. The first kappa shape index (κ1) is 31.0. The van der Waals surface area contributed by atoms with Crippen molar-refractivity contribution in [2.75, 3.05) is 5.32 Å². The highest BCUT2D eigenvalue weighted by atomic mass is 32.2. The van der Waals surface area contributed by atoms with Gasteiger partial charge in [0.2, 0.25) is 11.7 Å². The van der Waals surface area contributed by atoms with E-state index in [4.69, 9.17) is 0 Å². The molecule has 1 aromatic heterocycles. The Morgan fingerprint density at radius 1 is 0.894 bits per heavy atom. The number of carboxylic acid groups (broad SMARTS) is 1. The van der Waals surface area contributed by atoms with Crippen LogP contribution >= 0.6 is 11.8 Å². The molecule has 2 amide bonds. The number of rotatable bonds is 10. The molecule has 0 fully saturated rings. The molecule has 0 radical (unpaired) electrons. The number of ketones is 1. The van der Waals surface area contributed by atoms with Crippen LogP contribution < -0.4 is 10.6 Å². The van der Waals surface area contributed by atoms with Gasteiger partial charge in [0.25, 0.3) is 5.91 Å². The van der Waals surface area contributed by atoms with Gasteiger partial charge in [-0.15, -0.1) is 11.8 Å². The second-order valence-electron chi connectivity index (χ2n) is 10.7. The van der Waals surface area contributed by atoms with Crippen molar-refractivity contribution in [3.63, 3.8) is 0 Å². The number of hydrogen-bond acceptors (Lipinski definition) is 7. The lowest BCUT2D eigenvalue weighted by Gasteiger charge is -2.22. The Balaban J connectivity index is 1.38. The number of aliphatic carboxylic acids is 1. The van der Waals surface area contributed by atoms with E-state index < -0.39 is 35.5 Å². The Hall–Kier alpha value is -5.99. The molecule has 6 rings (SSSR count). The number of carbonyl (C=O) groups excluding carboxylic acids is 3. The lowest BCUT2D eigenvalue weighted by Crippen LogP contribution is -2.42. The van der Waals surface area contributed by atoms with Gasteiger partial charge in [-0.2, -0.15) is 10.4 Å². The topological polar surface area (TPSA) is 154 Å². The van der Waals surface area contributed by atoms with E-state index in [0.29, 0.717) is 33.1 Å². The molecule has 0 bridgehead atoms. The Bertz CT molecular complexity index is 2020. The van der Waals surface area contributed by atoms with Gasteiger partial charge < -0.3 is 15.7 Å². The summed E-state index contributed by atoms with van der Waals surface area (Å²) in [7, 11) is 0. The minimum absolute atomic E-state index is 0.0135. The number of aromatic nitrogens is 2. The van der Waals surface area contributed by atoms with Gasteiger partial charge in [0.05, 0.1) is 23.0 Å². The minimum atomic E-state index is -1.65. The third kappa shape index (κ3) is 6.40. The molecule has 0 saturated heterocycles. The molecule has 0 aliphatic carbocycles. The van der Waals surface area contributed by atoms with Crippen LogP contribution in [0.1, 0.15) is 32.0 Å². The summed E-state index contributed by atoms with van der Waals surface area (Å²) in [5.74, 6) is -4.65. The molecule has 232 valence electrons. The number of nitriles is 1. The standard InChI is InChI=1S/C36H27N5O5S/c37-20-27(35(44)38-23-13-6-2-7-14-23)32(42)30-28-21-47-33-25(31(28)41(40-30)24-15-8-3-9-16-24)17-10-18-26(33)34(43)39-29(36(45)46)19-22-11-4-1-5-12-22/h1-18,27,29H,19,21H2,(H,38,44)(H,39,43)(H,45,46)/t27?,29-/m0/s1. The molecule has 47 heavy (non-hydrogen) atoms. The van der Waals surface area contributed by atoms with Crippen LogP contribution in [0, 0.1) is 17.2 Å². The van der Waals surface area contributed by atoms with Gasteiger partial charge in [0.15, 0.2) is 5.92 Å². The fraction of sp³-hybridized carbons (Fsp3) is 0.111. The maximum Gasteiger partial charge on any atom is 0.326 e. The molecular formula is C36H27N5O5S. The summed E-state index contributed by atoms with van der Waals surface area (Å²) < 4.78 is 1.59. The maximum atomic E-state index is 13.9. The first-order valence-corrected chi connectivity index (χ1v) is 15.6. The normalized spacial score (nSPS) is 12.8. The molecule has 3 N–H and O–H groups in total. The maximum absolute atomic E-state index is 13.9. The predicted molar refractivity (Wildman–Crippen MR) is 176 cm³/mol. The summed E-state index contributed by atoms with van der Waals surface area (Å²) >= 11 is 1.30. The van der Waals surface area contributed by atoms with Gasteiger partial charge in [-0.3, -0.25) is 14.4 Å². The third-order valence-corrected chi connectivity index (χ3v) is 8.84. The highest BCUT2D eigenvalue weighted by molar-refractivity contribution is 7.98.